The number of hydrogen-bond acceptors (Lipinski definition) is 0. The summed E-state index contributed by atoms with van der Waals surface area (Å²) in [5, 5.41) is 2.59. The Morgan fingerprint density at radius 1 is 0.189 bits per heavy atom. The Bertz CT molecular complexity index is 4940. The van der Waals surface area contributed by atoms with Gasteiger partial charge in [0.1, 0.15) is 0 Å². The van der Waals surface area contributed by atoms with E-state index in [9.17, 15) is 0 Å². The van der Waals surface area contributed by atoms with E-state index in [-0.39, 0.29) is 10.8 Å². The summed E-state index contributed by atoms with van der Waals surface area (Å²) in [6.45, 7) is 71.4. The van der Waals surface area contributed by atoms with E-state index in [0.29, 0.717) is 0 Å². The van der Waals surface area contributed by atoms with Crippen LogP contribution in [0.15, 0.2) is 352 Å². The molecule has 0 spiro atoms. The van der Waals surface area contributed by atoms with Gasteiger partial charge < -0.3 is 4.57 Å². The second kappa shape index (κ2) is 66.6. The highest BCUT2D eigenvalue weighted by molar-refractivity contribution is 6.09. The minimum absolute atomic E-state index is 0.151. The second-order valence-electron chi connectivity index (χ2n) is 25.5. The molecule has 0 atom stereocenters. The number of fused-ring (bicyclic) bond motifs is 9. The van der Waals surface area contributed by atoms with Crippen molar-refractivity contribution in [2.45, 2.75) is 253 Å². The Hall–Kier alpha value is -11.1. The second-order valence-corrected chi connectivity index (χ2v) is 25.5. The molecule has 0 saturated carbocycles. The maximum atomic E-state index is 2.37. The molecule has 14 aromatic carbocycles. The molecule has 2 aliphatic rings. The van der Waals surface area contributed by atoms with Gasteiger partial charge >= 0.3 is 0 Å². The third-order valence-electron chi connectivity index (χ3n) is 18.8. The molecule has 2 aliphatic carbocycles. The first kappa shape index (κ1) is 113. The molecule has 1 heteroatoms. The molecule has 0 aliphatic heterocycles. The van der Waals surface area contributed by atoms with Crippen molar-refractivity contribution in [2.75, 3.05) is 0 Å². The number of nitrogens with zero attached hydrogens (tertiary/aromatic N) is 1. The van der Waals surface area contributed by atoms with Gasteiger partial charge in [-0.15, -0.1) is 0 Å². The van der Waals surface area contributed by atoms with Crippen molar-refractivity contribution in [3.63, 3.8) is 0 Å². The van der Waals surface area contributed by atoms with E-state index >= 15 is 0 Å². The molecule has 17 rings (SSSR count). The van der Waals surface area contributed by atoms with E-state index in [4.69, 9.17) is 0 Å². The molecule has 1 nitrogen and oxygen atoms in total. The van der Waals surface area contributed by atoms with Gasteiger partial charge in [0.15, 0.2) is 0 Å². The Kier molecular flexibility index (Phi) is 61.6. The normalized spacial score (nSPS) is 10.2. The van der Waals surface area contributed by atoms with Gasteiger partial charge in [-0.25, -0.2) is 0 Å². The van der Waals surface area contributed by atoms with Crippen molar-refractivity contribution < 1.29 is 0 Å². The number of para-hydroxylation sites is 2. The lowest BCUT2D eigenvalue weighted by molar-refractivity contribution is 0.660. The Morgan fingerprint density at radius 3 is 0.836 bits per heavy atom. The smallest absolute Gasteiger partial charge is 0.0713 e. The van der Waals surface area contributed by atoms with Crippen molar-refractivity contribution in [3.05, 3.63) is 413 Å². The van der Waals surface area contributed by atoms with E-state index < -0.39 is 0 Å². The van der Waals surface area contributed by atoms with Crippen LogP contribution in [0.1, 0.15) is 269 Å². The first-order valence-electron chi connectivity index (χ1n) is 46.9. The lowest BCUT2D eigenvalue weighted by Crippen LogP contribution is -2.28. The third-order valence-corrected chi connectivity index (χ3v) is 18.8. The maximum absolute atomic E-state index is 2.37. The Labute approximate surface area is 748 Å². The van der Waals surface area contributed by atoms with Crippen LogP contribution < -0.4 is 0 Å². The fourth-order valence-corrected chi connectivity index (χ4v) is 14.0. The first-order chi connectivity index (χ1) is 60.0. The lowest BCUT2D eigenvalue weighted by atomic mass is 9.67. The van der Waals surface area contributed by atoms with Gasteiger partial charge in [-0.05, 0) is 153 Å². The summed E-state index contributed by atoms with van der Waals surface area (Å²) < 4.78 is 2.35. The predicted octanol–water partition coefficient (Wildman–Crippen LogP) is 39.1. The van der Waals surface area contributed by atoms with Crippen molar-refractivity contribution in [1.82, 2.24) is 4.57 Å². The van der Waals surface area contributed by atoms with Gasteiger partial charge in [-0.3, -0.25) is 0 Å². The zero-order valence-electron chi connectivity index (χ0n) is 82.9. The van der Waals surface area contributed by atoms with Crippen molar-refractivity contribution in [1.29, 1.82) is 0 Å². The highest BCUT2D eigenvalue weighted by atomic mass is 15.0. The van der Waals surface area contributed by atoms with Gasteiger partial charge in [0.2, 0.25) is 0 Å². The van der Waals surface area contributed by atoms with E-state index in [1.165, 1.54) is 144 Å². The van der Waals surface area contributed by atoms with Gasteiger partial charge in [-0.2, -0.15) is 0 Å². The van der Waals surface area contributed by atoms with Crippen LogP contribution in [-0.2, 0) is 10.8 Å². The molecule has 0 bridgehead atoms. The highest BCUT2D eigenvalue weighted by Gasteiger charge is 2.46. The SMILES string of the molecule is CC.CC.CC.CC.CC.CC.CC.CC.CC.CC.CC.CC.CC.CC.Cc1ccc(-c2ccc(-n3c4ccccc4c4ccccc43)cc2)cc1.Cc1ccc(-c2ccccc2)cc1.Cc1ccc2c(c1)C(C)(C)c1ccccc1-2.Cc1ccc2c(c1)C(c1ccccc1)(c1ccccc1)c1ccccc1-2.Cc1ccccc1-c1ccccc1. The molecule has 0 saturated heterocycles. The molecule has 1 aromatic heterocycles. The fourth-order valence-electron chi connectivity index (χ4n) is 14.0. The topological polar surface area (TPSA) is 4.93 Å². The number of aryl methyl sites for hydroxylation is 5. The summed E-state index contributed by atoms with van der Waals surface area (Å²) in [4.78, 5) is 0. The van der Waals surface area contributed by atoms with Crippen molar-refractivity contribution in [2.24, 2.45) is 0 Å². The molecule has 0 radical (unpaired) electrons. The summed E-state index contributed by atoms with van der Waals surface area (Å²) in [6.07, 6.45) is 0. The molecular weight excluding hydrogens is 1470 g/mol. The molecule has 0 N–H and O–H groups in total. The third kappa shape index (κ3) is 30.5. The number of benzene rings is 14. The Morgan fingerprint density at radius 2 is 0.451 bits per heavy atom. The zero-order chi connectivity index (χ0) is 92.6. The molecule has 652 valence electrons. The maximum Gasteiger partial charge on any atom is 0.0713 e. The van der Waals surface area contributed by atoms with E-state index in [0.717, 1.165) is 0 Å². The average molecular weight is 1630 g/mol. The quantitative estimate of drug-likeness (QED) is 0.156. The molecule has 0 fully saturated rings. The van der Waals surface area contributed by atoms with E-state index in [1.54, 1.807) is 0 Å². The van der Waals surface area contributed by atoms with Crippen LogP contribution in [0.3, 0.4) is 0 Å². The van der Waals surface area contributed by atoms with Crippen LogP contribution in [0.25, 0.3) is 83.1 Å². The number of hydrogen-bond donors (Lipinski definition) is 0. The van der Waals surface area contributed by atoms with Crippen LogP contribution >= 0.6 is 0 Å². The van der Waals surface area contributed by atoms with Crippen LogP contribution in [0, 0.1) is 34.6 Å². The molecule has 15 aromatic rings. The molecular formula is C121H163N. The van der Waals surface area contributed by atoms with Crippen LogP contribution in [-0.4, -0.2) is 4.57 Å². The van der Waals surface area contributed by atoms with Gasteiger partial charge in [-0.1, -0.05) is 558 Å². The minimum Gasteiger partial charge on any atom is -0.309 e. The monoisotopic (exact) mass is 1630 g/mol. The highest BCUT2D eigenvalue weighted by Crippen LogP contribution is 2.56. The summed E-state index contributed by atoms with van der Waals surface area (Å²) >= 11 is 0. The van der Waals surface area contributed by atoms with Gasteiger partial charge in [0.05, 0.1) is 16.4 Å². The van der Waals surface area contributed by atoms with Gasteiger partial charge in [0.25, 0.3) is 0 Å². The van der Waals surface area contributed by atoms with Gasteiger partial charge in [0, 0.05) is 21.9 Å². The molecule has 0 amide bonds. The number of rotatable bonds is 6. The lowest BCUT2D eigenvalue weighted by Gasteiger charge is -2.34. The first-order valence-corrected chi connectivity index (χ1v) is 46.9. The summed E-state index contributed by atoms with van der Waals surface area (Å²) in [6, 6.07) is 126. The Balaban J connectivity index is 0. The van der Waals surface area contributed by atoms with Crippen molar-refractivity contribution in [3.8, 4) is 61.3 Å². The summed E-state index contributed by atoms with van der Waals surface area (Å²) in [5.74, 6) is 0. The van der Waals surface area contributed by atoms with Crippen molar-refractivity contribution >= 4 is 21.8 Å². The molecule has 1 heterocycles. The molecule has 122 heavy (non-hydrogen) atoms. The van der Waals surface area contributed by atoms with Crippen LogP contribution in [0.2, 0.25) is 0 Å². The van der Waals surface area contributed by atoms with Crippen LogP contribution in [0.4, 0.5) is 0 Å². The summed E-state index contributed by atoms with van der Waals surface area (Å²) in [7, 11) is 0. The largest absolute Gasteiger partial charge is 0.309 e. The van der Waals surface area contributed by atoms with E-state index in [1.807, 2.05) is 206 Å². The summed E-state index contributed by atoms with van der Waals surface area (Å²) in [5.41, 5.74) is 31.6. The number of aromatic nitrogens is 1. The minimum atomic E-state index is -0.263. The van der Waals surface area contributed by atoms with E-state index in [2.05, 4.69) is 393 Å². The van der Waals surface area contributed by atoms with Crippen LogP contribution in [0.5, 0.6) is 0 Å². The average Bonchev–Trinajstić information content (AvgIpc) is 1.54. The predicted molar refractivity (Wildman–Crippen MR) is 560 cm³/mol. The zero-order valence-corrected chi connectivity index (χ0v) is 82.9. The standard InChI is InChI=1S/C26H20.C25H19N.C16H16.2C13H12.14C2H6/c1-19-16-17-23-22-14-8-9-15-24(22)26(25(23)18-19,20-10-4-2-5-11-20)21-12-6-3-7-13-21;1-18-10-12-19(13-11-18)20-14-16-21(17-15-20)26-24-8-4-2-6-22(24)23-7-3-5-9-25(23)26;1-11-8-9-13-12-6-4-5-7-14(12)16(2,3)15(13)10-11;1-11-7-5-6-10-13(11)12-8-3-2-4-9-12;1-11-7-9-13(10-8-11)12-5-3-2-4-6-12;14*1-2/h2-18H,1H3;2-17H,1H3;4-10H,1-3H3;2*2-10H,1H3;14*1-2H3. The fraction of sp³-hybridized carbons (Fsp3) is 0.306. The molecule has 0 unspecified atom stereocenters.